The van der Waals surface area contributed by atoms with Crippen LogP contribution < -0.4 is 5.32 Å². The number of benzene rings is 1. The zero-order valence-electron chi connectivity index (χ0n) is 12.7. The molecule has 2 rings (SSSR count). The van der Waals surface area contributed by atoms with Crippen molar-refractivity contribution < 1.29 is 14.3 Å². The summed E-state index contributed by atoms with van der Waals surface area (Å²) in [5, 5.41) is 16.5. The molecule has 1 aromatic heterocycles. The second-order valence-electron chi connectivity index (χ2n) is 5.21. The molecule has 2 N–H and O–H groups in total. The zero-order chi connectivity index (χ0) is 16.1. The lowest BCUT2D eigenvalue weighted by atomic mass is 10.2. The van der Waals surface area contributed by atoms with Gasteiger partial charge in [-0.05, 0) is 43.7 Å². The molecule has 2 aromatic rings. The minimum absolute atomic E-state index is 0.204. The molecule has 1 amide bonds. The number of halogens is 1. The van der Waals surface area contributed by atoms with Crippen molar-refractivity contribution in [2.45, 2.75) is 32.8 Å². The van der Waals surface area contributed by atoms with Crippen LogP contribution in [0, 0.1) is 12.7 Å². The van der Waals surface area contributed by atoms with Crippen LogP contribution in [-0.4, -0.2) is 33.4 Å². The van der Waals surface area contributed by atoms with Crippen LogP contribution in [0.5, 0.6) is 0 Å². The van der Waals surface area contributed by atoms with Gasteiger partial charge in [-0.2, -0.15) is 5.10 Å². The van der Waals surface area contributed by atoms with E-state index < -0.39 is 6.10 Å². The summed E-state index contributed by atoms with van der Waals surface area (Å²) in [6.07, 6.45) is 0.952. The SMILES string of the molecule is CCCC(O)CNC(=O)c1cc(C)n(-c2ccc(F)cc2)n1. The number of aromatic nitrogens is 2. The van der Waals surface area contributed by atoms with Crippen molar-refractivity contribution in [2.75, 3.05) is 6.54 Å². The lowest BCUT2D eigenvalue weighted by molar-refractivity contribution is 0.0905. The minimum atomic E-state index is -0.547. The Hall–Kier alpha value is -2.21. The molecule has 118 valence electrons. The molecule has 22 heavy (non-hydrogen) atoms. The molecule has 0 bridgehead atoms. The number of nitrogens with one attached hydrogen (secondary N) is 1. The first-order valence-electron chi connectivity index (χ1n) is 7.30. The van der Waals surface area contributed by atoms with E-state index in [1.807, 2.05) is 13.8 Å². The van der Waals surface area contributed by atoms with Gasteiger partial charge in [0.15, 0.2) is 5.69 Å². The smallest absolute Gasteiger partial charge is 0.271 e. The van der Waals surface area contributed by atoms with Crippen LogP contribution in [-0.2, 0) is 0 Å². The largest absolute Gasteiger partial charge is 0.391 e. The van der Waals surface area contributed by atoms with Gasteiger partial charge in [-0.15, -0.1) is 0 Å². The Labute approximate surface area is 128 Å². The number of nitrogens with zero attached hydrogens (tertiary/aromatic N) is 2. The van der Waals surface area contributed by atoms with Crippen LogP contribution in [0.1, 0.15) is 35.9 Å². The molecule has 0 saturated heterocycles. The molecule has 0 aliphatic rings. The first kappa shape index (κ1) is 16.2. The zero-order valence-corrected chi connectivity index (χ0v) is 12.7. The van der Waals surface area contributed by atoms with Crippen LogP contribution in [0.2, 0.25) is 0 Å². The number of carbonyl (C=O) groups is 1. The molecule has 6 heteroatoms. The maximum atomic E-state index is 13.0. The number of hydrogen-bond donors (Lipinski definition) is 2. The van der Waals surface area contributed by atoms with E-state index in [0.717, 1.165) is 12.1 Å². The van der Waals surface area contributed by atoms with E-state index in [9.17, 15) is 14.3 Å². The summed E-state index contributed by atoms with van der Waals surface area (Å²) in [7, 11) is 0. The Morgan fingerprint density at radius 1 is 1.41 bits per heavy atom. The average molecular weight is 305 g/mol. The van der Waals surface area contributed by atoms with Crippen molar-refractivity contribution in [3.63, 3.8) is 0 Å². The lowest BCUT2D eigenvalue weighted by Crippen LogP contribution is -2.32. The van der Waals surface area contributed by atoms with Crippen molar-refractivity contribution in [3.8, 4) is 5.69 Å². The summed E-state index contributed by atoms with van der Waals surface area (Å²) in [6, 6.07) is 7.55. The fourth-order valence-electron chi connectivity index (χ4n) is 2.17. The maximum absolute atomic E-state index is 13.0. The highest BCUT2D eigenvalue weighted by Crippen LogP contribution is 2.13. The Morgan fingerprint density at radius 2 is 2.09 bits per heavy atom. The number of aliphatic hydroxyl groups excluding tert-OH is 1. The van der Waals surface area contributed by atoms with Gasteiger partial charge in [0.25, 0.3) is 5.91 Å². The monoisotopic (exact) mass is 305 g/mol. The molecule has 1 atom stereocenters. The Bertz CT molecular complexity index is 637. The number of aliphatic hydroxyl groups is 1. The van der Waals surface area contributed by atoms with E-state index in [2.05, 4.69) is 10.4 Å². The van der Waals surface area contributed by atoms with E-state index in [0.29, 0.717) is 12.1 Å². The Morgan fingerprint density at radius 3 is 2.73 bits per heavy atom. The summed E-state index contributed by atoms with van der Waals surface area (Å²) in [5.41, 5.74) is 1.72. The quantitative estimate of drug-likeness (QED) is 0.860. The van der Waals surface area contributed by atoms with Crippen LogP contribution in [0.25, 0.3) is 5.69 Å². The fraction of sp³-hybridized carbons (Fsp3) is 0.375. The summed E-state index contributed by atoms with van der Waals surface area (Å²) in [4.78, 5) is 12.0. The van der Waals surface area contributed by atoms with Crippen LogP contribution >= 0.6 is 0 Å². The molecule has 1 aromatic carbocycles. The molecule has 1 heterocycles. The van der Waals surface area contributed by atoms with Crippen molar-refractivity contribution in [3.05, 3.63) is 47.5 Å². The van der Waals surface area contributed by atoms with Gasteiger partial charge in [0.05, 0.1) is 11.8 Å². The van der Waals surface area contributed by atoms with Gasteiger partial charge >= 0.3 is 0 Å². The van der Waals surface area contributed by atoms with E-state index in [-0.39, 0.29) is 24.0 Å². The highest BCUT2D eigenvalue weighted by molar-refractivity contribution is 5.92. The molecule has 0 aliphatic heterocycles. The summed E-state index contributed by atoms with van der Waals surface area (Å²) >= 11 is 0. The van der Waals surface area contributed by atoms with Crippen molar-refractivity contribution in [1.29, 1.82) is 0 Å². The van der Waals surface area contributed by atoms with Crippen molar-refractivity contribution >= 4 is 5.91 Å². The standard InChI is InChI=1S/C16H20FN3O2/c1-3-4-14(21)10-18-16(22)15-9-11(2)20(19-15)13-7-5-12(17)6-8-13/h5-9,14,21H,3-4,10H2,1-2H3,(H,18,22). The molecule has 0 fully saturated rings. The molecule has 1 unspecified atom stereocenters. The molecule has 0 spiro atoms. The normalized spacial score (nSPS) is 12.2. The van der Waals surface area contributed by atoms with E-state index >= 15 is 0 Å². The van der Waals surface area contributed by atoms with Gasteiger partial charge in [0, 0.05) is 12.2 Å². The molecular formula is C16H20FN3O2. The predicted molar refractivity (Wildman–Crippen MR) is 81.5 cm³/mol. The Kier molecular flexibility index (Phi) is 5.27. The number of carbonyl (C=O) groups excluding carboxylic acids is 1. The number of amides is 1. The molecule has 0 saturated carbocycles. The third-order valence-electron chi connectivity index (χ3n) is 3.31. The van der Waals surface area contributed by atoms with E-state index in [1.165, 1.54) is 12.1 Å². The van der Waals surface area contributed by atoms with E-state index in [4.69, 9.17) is 0 Å². The van der Waals surface area contributed by atoms with Gasteiger partial charge in [-0.1, -0.05) is 13.3 Å². The molecule has 0 radical (unpaired) electrons. The second kappa shape index (κ2) is 7.17. The van der Waals surface area contributed by atoms with Gasteiger partial charge < -0.3 is 10.4 Å². The average Bonchev–Trinajstić information content (AvgIpc) is 2.88. The molecule has 0 aliphatic carbocycles. The lowest BCUT2D eigenvalue weighted by Gasteiger charge is -2.09. The minimum Gasteiger partial charge on any atom is -0.391 e. The third kappa shape index (κ3) is 3.92. The summed E-state index contributed by atoms with van der Waals surface area (Å²) in [5.74, 6) is -0.657. The highest BCUT2D eigenvalue weighted by Gasteiger charge is 2.14. The van der Waals surface area contributed by atoms with Crippen LogP contribution in [0.3, 0.4) is 0 Å². The second-order valence-corrected chi connectivity index (χ2v) is 5.21. The summed E-state index contributed by atoms with van der Waals surface area (Å²) < 4.78 is 14.5. The molecule has 5 nitrogen and oxygen atoms in total. The van der Waals surface area contributed by atoms with E-state index in [1.54, 1.807) is 22.9 Å². The summed E-state index contributed by atoms with van der Waals surface area (Å²) in [6.45, 7) is 3.99. The molecular weight excluding hydrogens is 285 g/mol. The van der Waals surface area contributed by atoms with Crippen molar-refractivity contribution in [1.82, 2.24) is 15.1 Å². The van der Waals surface area contributed by atoms with Gasteiger partial charge in [-0.3, -0.25) is 4.79 Å². The maximum Gasteiger partial charge on any atom is 0.271 e. The highest BCUT2D eigenvalue weighted by atomic mass is 19.1. The van der Waals surface area contributed by atoms with Crippen molar-refractivity contribution in [2.24, 2.45) is 0 Å². The topological polar surface area (TPSA) is 67.2 Å². The van der Waals surface area contributed by atoms with Gasteiger partial charge in [-0.25, -0.2) is 9.07 Å². The fourth-order valence-corrected chi connectivity index (χ4v) is 2.17. The first-order chi connectivity index (χ1) is 10.5. The first-order valence-corrected chi connectivity index (χ1v) is 7.30. The number of rotatable bonds is 6. The number of hydrogen-bond acceptors (Lipinski definition) is 3. The Balaban J connectivity index is 2.09. The van der Waals surface area contributed by atoms with Gasteiger partial charge in [0.2, 0.25) is 0 Å². The predicted octanol–water partition coefficient (Wildman–Crippen LogP) is 2.21. The number of aryl methyl sites for hydroxylation is 1. The van der Waals surface area contributed by atoms with Crippen LogP contribution in [0.4, 0.5) is 4.39 Å². The third-order valence-corrected chi connectivity index (χ3v) is 3.31. The van der Waals surface area contributed by atoms with Crippen LogP contribution in [0.15, 0.2) is 30.3 Å². The van der Waals surface area contributed by atoms with Gasteiger partial charge in [0.1, 0.15) is 5.82 Å².